The van der Waals surface area contributed by atoms with Gasteiger partial charge in [-0.05, 0) is 41.3 Å². The zero-order valence-corrected chi connectivity index (χ0v) is 19.7. The summed E-state index contributed by atoms with van der Waals surface area (Å²) in [6.07, 6.45) is 1.56. The van der Waals surface area contributed by atoms with Crippen LogP contribution >= 0.6 is 0 Å². The summed E-state index contributed by atoms with van der Waals surface area (Å²) in [7, 11) is -4.01. The summed E-state index contributed by atoms with van der Waals surface area (Å²) in [6.45, 7) is 3.24. The molecule has 6 heteroatoms. The van der Waals surface area contributed by atoms with Gasteiger partial charge in [0.2, 0.25) is 0 Å². The van der Waals surface area contributed by atoms with Crippen LogP contribution in [0.1, 0.15) is 16.7 Å². The number of aryl methyl sites for hydroxylation is 1. The van der Waals surface area contributed by atoms with Crippen molar-refractivity contribution in [3.05, 3.63) is 120 Å². The topological polar surface area (TPSA) is 73.2 Å². The molecule has 0 saturated heterocycles. The lowest BCUT2D eigenvalue weighted by molar-refractivity contribution is 0.591. The number of nitriles is 1. The molecule has 4 rings (SSSR count). The third-order valence-electron chi connectivity index (χ3n) is 5.65. The van der Waals surface area contributed by atoms with E-state index in [4.69, 9.17) is 5.26 Å². The lowest BCUT2D eigenvalue weighted by Crippen LogP contribution is -2.24. The predicted molar refractivity (Wildman–Crippen MR) is 135 cm³/mol. The maximum absolute atomic E-state index is 12.9. The lowest BCUT2D eigenvalue weighted by atomic mass is 10.0. The van der Waals surface area contributed by atoms with Crippen LogP contribution < -0.4 is 9.62 Å². The zero-order chi connectivity index (χ0) is 24.0. The monoisotopic (exact) mass is 467 g/mol. The fourth-order valence-electron chi connectivity index (χ4n) is 4.03. The van der Waals surface area contributed by atoms with E-state index >= 15 is 0 Å². The Kier molecular flexibility index (Phi) is 6.95. The molecule has 0 fully saturated rings. The van der Waals surface area contributed by atoms with Crippen LogP contribution in [0.25, 0.3) is 11.1 Å². The lowest BCUT2D eigenvalue weighted by Gasteiger charge is -2.27. The first-order chi connectivity index (χ1) is 16.5. The second-order valence-corrected chi connectivity index (χ2v) is 9.69. The van der Waals surface area contributed by atoms with Crippen molar-refractivity contribution in [3.63, 3.8) is 0 Å². The van der Waals surface area contributed by atoms with Crippen molar-refractivity contribution >= 4 is 15.7 Å². The summed E-state index contributed by atoms with van der Waals surface area (Å²) in [4.78, 5) is 2.32. The molecule has 0 amide bonds. The van der Waals surface area contributed by atoms with Gasteiger partial charge in [0, 0.05) is 24.3 Å². The van der Waals surface area contributed by atoms with Gasteiger partial charge in [0.25, 0.3) is 10.0 Å². The van der Waals surface area contributed by atoms with Crippen molar-refractivity contribution in [1.82, 2.24) is 4.72 Å². The zero-order valence-electron chi connectivity index (χ0n) is 18.8. The van der Waals surface area contributed by atoms with E-state index < -0.39 is 10.0 Å². The molecule has 0 heterocycles. The molecule has 0 aliphatic carbocycles. The van der Waals surface area contributed by atoms with Gasteiger partial charge in [0.15, 0.2) is 6.19 Å². The van der Waals surface area contributed by atoms with Crippen molar-refractivity contribution < 1.29 is 8.42 Å². The van der Waals surface area contributed by atoms with Gasteiger partial charge in [-0.2, -0.15) is 5.26 Å². The van der Waals surface area contributed by atoms with Crippen LogP contribution in [-0.4, -0.2) is 8.42 Å². The van der Waals surface area contributed by atoms with E-state index in [1.807, 2.05) is 77.5 Å². The SMILES string of the molecule is Cc1ccccc1N(Cc1ccccc1)Cc1ccc(-c2ccccc2)c(S(=O)(=O)NC#N)c1. The van der Waals surface area contributed by atoms with Crippen molar-refractivity contribution in [1.29, 1.82) is 5.26 Å². The molecule has 4 aromatic carbocycles. The minimum atomic E-state index is -4.01. The molecule has 0 radical (unpaired) electrons. The highest BCUT2D eigenvalue weighted by atomic mass is 32.2. The normalized spacial score (nSPS) is 10.9. The maximum Gasteiger partial charge on any atom is 0.270 e. The van der Waals surface area contributed by atoms with E-state index in [0.29, 0.717) is 18.7 Å². The van der Waals surface area contributed by atoms with Crippen LogP contribution in [0, 0.1) is 18.4 Å². The van der Waals surface area contributed by atoms with Crippen LogP contribution in [0.5, 0.6) is 0 Å². The molecule has 1 N–H and O–H groups in total. The Morgan fingerprint density at radius 1 is 0.794 bits per heavy atom. The molecule has 170 valence electrons. The third kappa shape index (κ3) is 5.28. The molecular weight excluding hydrogens is 442 g/mol. The van der Waals surface area contributed by atoms with E-state index in [-0.39, 0.29) is 4.90 Å². The van der Waals surface area contributed by atoms with Crippen molar-refractivity contribution in [2.45, 2.75) is 24.9 Å². The van der Waals surface area contributed by atoms with Crippen LogP contribution in [0.15, 0.2) is 108 Å². The Morgan fingerprint density at radius 3 is 2.09 bits per heavy atom. The minimum Gasteiger partial charge on any atom is -0.363 e. The van der Waals surface area contributed by atoms with E-state index in [1.54, 1.807) is 12.3 Å². The molecule has 0 bridgehead atoms. The molecule has 34 heavy (non-hydrogen) atoms. The molecule has 0 atom stereocenters. The van der Waals surface area contributed by atoms with Gasteiger partial charge >= 0.3 is 0 Å². The second kappa shape index (κ2) is 10.2. The molecule has 0 unspecified atom stereocenters. The van der Waals surface area contributed by atoms with Crippen molar-refractivity contribution in [2.24, 2.45) is 0 Å². The number of para-hydroxylation sites is 1. The Balaban J connectivity index is 1.77. The van der Waals surface area contributed by atoms with Gasteiger partial charge in [-0.15, -0.1) is 0 Å². The Hall–Kier alpha value is -4.08. The standard InChI is InChI=1S/C28H25N3O2S/c1-22-10-8-9-15-27(22)31(19-23-11-4-2-5-12-23)20-24-16-17-26(25-13-6-3-7-14-25)28(18-24)34(32,33)30-21-29/h2-18,30H,19-20H2,1H3. The molecule has 0 aliphatic heterocycles. The number of benzene rings is 4. The summed E-state index contributed by atoms with van der Waals surface area (Å²) in [6, 6.07) is 33.1. The largest absolute Gasteiger partial charge is 0.363 e. The van der Waals surface area contributed by atoms with Crippen molar-refractivity contribution in [2.75, 3.05) is 4.90 Å². The van der Waals surface area contributed by atoms with Crippen LogP contribution in [0.3, 0.4) is 0 Å². The number of hydrogen-bond acceptors (Lipinski definition) is 4. The summed E-state index contributed by atoms with van der Waals surface area (Å²) in [5.74, 6) is 0. The molecule has 5 nitrogen and oxygen atoms in total. The molecule has 0 saturated carbocycles. The summed E-state index contributed by atoms with van der Waals surface area (Å²) >= 11 is 0. The fraction of sp³-hybridized carbons (Fsp3) is 0.107. The fourth-order valence-corrected chi connectivity index (χ4v) is 5.04. The summed E-state index contributed by atoms with van der Waals surface area (Å²) in [5.41, 5.74) is 5.53. The molecule has 0 aromatic heterocycles. The molecule has 0 spiro atoms. The predicted octanol–water partition coefficient (Wildman–Crippen LogP) is 5.63. The highest BCUT2D eigenvalue weighted by Crippen LogP contribution is 2.30. The Morgan fingerprint density at radius 2 is 1.41 bits per heavy atom. The van der Waals surface area contributed by atoms with E-state index in [0.717, 1.165) is 27.9 Å². The summed E-state index contributed by atoms with van der Waals surface area (Å²) < 4.78 is 27.8. The average Bonchev–Trinajstić information content (AvgIpc) is 2.85. The smallest absolute Gasteiger partial charge is 0.270 e. The van der Waals surface area contributed by atoms with Gasteiger partial charge in [0.05, 0.1) is 4.90 Å². The van der Waals surface area contributed by atoms with E-state index in [2.05, 4.69) is 36.1 Å². The second-order valence-electron chi connectivity index (χ2n) is 8.04. The number of anilines is 1. The third-order valence-corrected chi connectivity index (χ3v) is 6.92. The minimum absolute atomic E-state index is 0.0854. The van der Waals surface area contributed by atoms with Gasteiger partial charge in [-0.1, -0.05) is 91.0 Å². The van der Waals surface area contributed by atoms with Crippen LogP contribution in [0.4, 0.5) is 5.69 Å². The maximum atomic E-state index is 12.9. The number of hydrogen-bond donors (Lipinski definition) is 1. The van der Waals surface area contributed by atoms with Crippen LogP contribution in [-0.2, 0) is 23.1 Å². The van der Waals surface area contributed by atoms with E-state index in [9.17, 15) is 8.42 Å². The molecular formula is C28H25N3O2S. The van der Waals surface area contributed by atoms with Gasteiger partial charge in [-0.25, -0.2) is 13.1 Å². The Bertz CT molecular complexity index is 1410. The number of nitrogens with one attached hydrogen (secondary N) is 1. The average molecular weight is 468 g/mol. The number of nitrogens with zero attached hydrogens (tertiary/aromatic N) is 2. The first kappa shape index (κ1) is 23.1. The van der Waals surface area contributed by atoms with Crippen LogP contribution in [0.2, 0.25) is 0 Å². The highest BCUT2D eigenvalue weighted by Gasteiger charge is 2.21. The van der Waals surface area contributed by atoms with Gasteiger partial charge in [0.1, 0.15) is 0 Å². The number of rotatable bonds is 8. The first-order valence-corrected chi connectivity index (χ1v) is 12.4. The van der Waals surface area contributed by atoms with Gasteiger partial charge in [-0.3, -0.25) is 0 Å². The number of sulfonamides is 1. The van der Waals surface area contributed by atoms with Crippen molar-refractivity contribution in [3.8, 4) is 17.3 Å². The molecule has 4 aromatic rings. The quantitative estimate of drug-likeness (QED) is 0.269. The summed E-state index contributed by atoms with van der Waals surface area (Å²) in [5, 5.41) is 9.03. The highest BCUT2D eigenvalue weighted by molar-refractivity contribution is 7.89. The van der Waals surface area contributed by atoms with Gasteiger partial charge < -0.3 is 4.90 Å². The Labute approximate surface area is 201 Å². The van der Waals surface area contributed by atoms with E-state index in [1.165, 1.54) is 0 Å². The first-order valence-electron chi connectivity index (χ1n) is 10.9. The molecule has 0 aliphatic rings.